The number of nitrogens with zero attached hydrogens (tertiary/aromatic N) is 5. The minimum atomic E-state index is -0.0376. The van der Waals surface area contributed by atoms with E-state index < -0.39 is 0 Å². The monoisotopic (exact) mass is 501 g/mol. The first-order valence-corrected chi connectivity index (χ1v) is 13.8. The van der Waals surface area contributed by atoms with Crippen LogP contribution >= 0.6 is 11.3 Å². The van der Waals surface area contributed by atoms with Gasteiger partial charge in [0, 0.05) is 50.9 Å². The summed E-state index contributed by atoms with van der Waals surface area (Å²) in [5, 5.41) is 17.0. The Morgan fingerprint density at radius 1 is 1.08 bits per heavy atom. The number of likely N-dealkylation sites (tertiary alicyclic amines) is 1. The number of carbonyl (C=O) groups is 1. The zero-order chi connectivity index (χ0) is 24.5. The van der Waals surface area contributed by atoms with Crippen LogP contribution in [-0.4, -0.2) is 60.0 Å². The average molecular weight is 502 g/mol. The van der Waals surface area contributed by atoms with Crippen molar-refractivity contribution in [3.05, 3.63) is 41.0 Å². The third-order valence-corrected chi connectivity index (χ3v) is 8.80. The number of hydrogen-bond donors (Lipinski definition) is 2. The quantitative estimate of drug-likeness (QED) is 0.532. The number of carbonyl (C=O) groups excluding carboxylic acids is 1. The molecule has 2 saturated heterocycles. The van der Waals surface area contributed by atoms with E-state index in [1.54, 1.807) is 11.3 Å². The molecule has 6 rings (SSSR count). The van der Waals surface area contributed by atoms with E-state index in [1.165, 1.54) is 24.8 Å². The van der Waals surface area contributed by atoms with E-state index in [4.69, 9.17) is 5.26 Å². The number of fused-ring (bicyclic) bond motifs is 1. The van der Waals surface area contributed by atoms with Gasteiger partial charge in [0.1, 0.15) is 11.6 Å². The standard InChI is InChI=1S/C27H31N7OS/c28-13-18-16-34(17-18)27(35)26-25(19-4-2-1-3-5-19)21-12-24(31-15-22(21)36-26)32-23-7-6-20(14-30-23)33-10-8-29-9-11-33/h6-7,12,14-15,18-19,29H,1-5,8-11,16-17H2,(H,30,31,32). The molecule has 0 spiro atoms. The van der Waals surface area contributed by atoms with Gasteiger partial charge < -0.3 is 20.4 Å². The number of anilines is 3. The van der Waals surface area contributed by atoms with Gasteiger partial charge in [-0.15, -0.1) is 11.3 Å². The molecule has 1 amide bonds. The lowest BCUT2D eigenvalue weighted by atomic mass is 9.82. The van der Waals surface area contributed by atoms with Crippen molar-refractivity contribution in [2.75, 3.05) is 49.5 Å². The molecule has 0 atom stereocenters. The van der Waals surface area contributed by atoms with Gasteiger partial charge >= 0.3 is 0 Å². The van der Waals surface area contributed by atoms with Crippen molar-refractivity contribution in [2.24, 2.45) is 5.92 Å². The molecule has 3 fully saturated rings. The summed E-state index contributed by atoms with van der Waals surface area (Å²) in [6.45, 7) is 5.04. The van der Waals surface area contributed by atoms with Crippen LogP contribution in [0.15, 0.2) is 30.6 Å². The van der Waals surface area contributed by atoms with E-state index >= 15 is 0 Å². The van der Waals surface area contributed by atoms with E-state index in [2.05, 4.69) is 43.7 Å². The Kier molecular flexibility index (Phi) is 6.46. The minimum Gasteiger partial charge on any atom is -0.368 e. The van der Waals surface area contributed by atoms with Gasteiger partial charge in [-0.1, -0.05) is 19.3 Å². The second-order valence-corrected chi connectivity index (χ2v) is 11.1. The fourth-order valence-corrected chi connectivity index (χ4v) is 6.82. The van der Waals surface area contributed by atoms with Crippen LogP contribution in [0.4, 0.5) is 17.3 Å². The number of hydrogen-bond acceptors (Lipinski definition) is 8. The molecule has 3 aromatic heterocycles. The number of pyridine rings is 2. The summed E-state index contributed by atoms with van der Waals surface area (Å²) in [4.78, 5) is 27.7. The Balaban J connectivity index is 1.28. The Morgan fingerprint density at radius 3 is 2.58 bits per heavy atom. The number of nitriles is 1. The van der Waals surface area contributed by atoms with Gasteiger partial charge in [0.15, 0.2) is 0 Å². The van der Waals surface area contributed by atoms with Crippen LogP contribution in [0.2, 0.25) is 0 Å². The van der Waals surface area contributed by atoms with Crippen LogP contribution in [0.25, 0.3) is 10.1 Å². The fraction of sp³-hybridized carbons (Fsp3) is 0.481. The zero-order valence-corrected chi connectivity index (χ0v) is 21.2. The molecule has 36 heavy (non-hydrogen) atoms. The van der Waals surface area contributed by atoms with Crippen LogP contribution in [-0.2, 0) is 0 Å². The number of nitrogens with one attached hydrogen (secondary N) is 2. The summed E-state index contributed by atoms with van der Waals surface area (Å²) >= 11 is 1.55. The summed E-state index contributed by atoms with van der Waals surface area (Å²) in [7, 11) is 0. The van der Waals surface area contributed by atoms with E-state index in [0.717, 1.165) is 71.3 Å². The molecule has 3 aliphatic rings. The Bertz CT molecular complexity index is 1280. The lowest BCUT2D eigenvalue weighted by molar-refractivity contribution is 0.0581. The number of aromatic nitrogens is 2. The predicted octanol–water partition coefficient (Wildman–Crippen LogP) is 4.49. The highest BCUT2D eigenvalue weighted by atomic mass is 32.1. The highest BCUT2D eigenvalue weighted by molar-refractivity contribution is 7.21. The minimum absolute atomic E-state index is 0.0376. The van der Waals surface area contributed by atoms with Crippen LogP contribution in [0.3, 0.4) is 0 Å². The Labute approximate surface area is 215 Å². The van der Waals surface area contributed by atoms with E-state index in [0.29, 0.717) is 19.0 Å². The van der Waals surface area contributed by atoms with Gasteiger partial charge in [-0.3, -0.25) is 4.79 Å². The first-order chi connectivity index (χ1) is 17.7. The van der Waals surface area contributed by atoms with Gasteiger partial charge in [0.25, 0.3) is 5.91 Å². The molecule has 0 bridgehead atoms. The van der Waals surface area contributed by atoms with Crippen molar-refractivity contribution in [3.8, 4) is 6.07 Å². The molecule has 186 valence electrons. The molecule has 0 aromatic carbocycles. The second kappa shape index (κ2) is 10.0. The lowest BCUT2D eigenvalue weighted by Gasteiger charge is -2.35. The summed E-state index contributed by atoms with van der Waals surface area (Å²) in [5.41, 5.74) is 2.32. The van der Waals surface area contributed by atoms with Gasteiger partial charge in [0.05, 0.1) is 33.4 Å². The van der Waals surface area contributed by atoms with Gasteiger partial charge in [0.2, 0.25) is 0 Å². The molecule has 5 heterocycles. The SMILES string of the molecule is N#CC1CN(C(=O)c2sc3cnc(Nc4ccc(N5CCNCC5)cn4)cc3c2C2CCCCC2)C1. The van der Waals surface area contributed by atoms with Crippen molar-refractivity contribution >= 4 is 44.7 Å². The number of piperazine rings is 1. The first-order valence-electron chi connectivity index (χ1n) is 13.0. The van der Waals surface area contributed by atoms with Gasteiger partial charge in [-0.25, -0.2) is 9.97 Å². The van der Waals surface area contributed by atoms with Gasteiger partial charge in [-0.2, -0.15) is 5.26 Å². The maximum atomic E-state index is 13.4. The molecule has 9 heteroatoms. The molecule has 0 radical (unpaired) electrons. The number of thiophene rings is 1. The highest BCUT2D eigenvalue weighted by Crippen LogP contribution is 2.44. The van der Waals surface area contributed by atoms with Crippen LogP contribution in [0.1, 0.15) is 53.3 Å². The lowest BCUT2D eigenvalue weighted by Crippen LogP contribution is -2.49. The molecular formula is C27H31N7OS. The molecule has 0 unspecified atom stereocenters. The van der Waals surface area contributed by atoms with Crippen molar-refractivity contribution < 1.29 is 4.79 Å². The molecule has 8 nitrogen and oxygen atoms in total. The van der Waals surface area contributed by atoms with Gasteiger partial charge in [-0.05, 0) is 42.5 Å². The molecular weight excluding hydrogens is 470 g/mol. The second-order valence-electron chi connectivity index (χ2n) is 10.0. The van der Waals surface area contributed by atoms with Crippen molar-refractivity contribution in [1.82, 2.24) is 20.2 Å². The average Bonchev–Trinajstić information content (AvgIpc) is 3.28. The number of rotatable bonds is 5. The van der Waals surface area contributed by atoms with E-state index in [-0.39, 0.29) is 11.8 Å². The van der Waals surface area contributed by atoms with Crippen LogP contribution in [0, 0.1) is 17.2 Å². The fourth-order valence-electron chi connectivity index (χ4n) is 5.62. The topological polar surface area (TPSA) is 97.2 Å². The van der Waals surface area contributed by atoms with Crippen molar-refractivity contribution in [3.63, 3.8) is 0 Å². The molecule has 3 aromatic rings. The molecule has 1 aliphatic carbocycles. The first kappa shape index (κ1) is 23.2. The normalized spacial score (nSPS) is 19.2. The molecule has 2 aliphatic heterocycles. The Morgan fingerprint density at radius 2 is 1.86 bits per heavy atom. The smallest absolute Gasteiger partial charge is 0.264 e. The zero-order valence-electron chi connectivity index (χ0n) is 20.4. The maximum absolute atomic E-state index is 13.4. The Hall–Kier alpha value is -3.22. The molecule has 1 saturated carbocycles. The predicted molar refractivity (Wildman–Crippen MR) is 143 cm³/mol. The maximum Gasteiger partial charge on any atom is 0.264 e. The number of amides is 1. The van der Waals surface area contributed by atoms with E-state index in [9.17, 15) is 4.79 Å². The summed E-state index contributed by atoms with van der Waals surface area (Å²) < 4.78 is 1.05. The highest BCUT2D eigenvalue weighted by Gasteiger charge is 2.35. The third-order valence-electron chi connectivity index (χ3n) is 7.66. The summed E-state index contributed by atoms with van der Waals surface area (Å²) in [6, 6.07) is 8.47. The van der Waals surface area contributed by atoms with Crippen LogP contribution in [0.5, 0.6) is 0 Å². The summed E-state index contributed by atoms with van der Waals surface area (Å²) in [5.74, 6) is 1.93. The van der Waals surface area contributed by atoms with E-state index in [1.807, 2.05) is 23.4 Å². The molecule has 2 N–H and O–H groups in total. The van der Waals surface area contributed by atoms with Crippen molar-refractivity contribution in [1.29, 1.82) is 5.26 Å². The summed E-state index contributed by atoms with van der Waals surface area (Å²) in [6.07, 6.45) is 9.71. The third kappa shape index (κ3) is 4.51. The largest absolute Gasteiger partial charge is 0.368 e. The van der Waals surface area contributed by atoms with Crippen LogP contribution < -0.4 is 15.5 Å². The van der Waals surface area contributed by atoms with Crippen molar-refractivity contribution in [2.45, 2.75) is 38.0 Å².